The Morgan fingerprint density at radius 1 is 0.875 bits per heavy atom. The van der Waals surface area contributed by atoms with Crippen LogP contribution in [0.4, 0.5) is 5.69 Å². The topological polar surface area (TPSA) is 78.5 Å². The highest BCUT2D eigenvalue weighted by molar-refractivity contribution is 8.00. The van der Waals surface area contributed by atoms with Gasteiger partial charge in [0.25, 0.3) is 11.8 Å². The highest BCUT2D eigenvalue weighted by Gasteiger charge is 2.20. The molecule has 1 heterocycles. The fraction of sp³-hybridized carbons (Fsp3) is 0.400. The van der Waals surface area contributed by atoms with Crippen LogP contribution in [0.25, 0.3) is 0 Å². The summed E-state index contributed by atoms with van der Waals surface area (Å²) in [5.74, 6) is 0.146. The lowest BCUT2D eigenvalue weighted by Gasteiger charge is -2.15. The predicted octanol–water partition coefficient (Wildman–Crippen LogP) is 4.33. The molecule has 0 atom stereocenters. The quantitative estimate of drug-likeness (QED) is 0.615. The molecule has 0 spiro atoms. The van der Waals surface area contributed by atoms with Gasteiger partial charge in [0.05, 0.1) is 11.3 Å². The molecule has 0 bridgehead atoms. The first-order valence-electron chi connectivity index (χ1n) is 11.3. The summed E-state index contributed by atoms with van der Waals surface area (Å²) in [6.45, 7) is 1.66. The number of carbonyl (C=O) groups excluding carboxylic acids is 3. The van der Waals surface area contributed by atoms with Crippen molar-refractivity contribution in [1.29, 1.82) is 0 Å². The molecule has 1 aliphatic heterocycles. The molecule has 7 heteroatoms. The number of amides is 3. The van der Waals surface area contributed by atoms with Crippen molar-refractivity contribution in [1.82, 2.24) is 10.2 Å². The lowest BCUT2D eigenvalue weighted by atomic mass is 10.1. The molecule has 0 radical (unpaired) electrons. The smallest absolute Gasteiger partial charge is 0.256 e. The Labute approximate surface area is 193 Å². The van der Waals surface area contributed by atoms with Crippen LogP contribution in [0.2, 0.25) is 0 Å². The van der Waals surface area contributed by atoms with Gasteiger partial charge in [-0.15, -0.1) is 11.8 Å². The van der Waals surface area contributed by atoms with E-state index in [0.717, 1.165) is 43.7 Å². The largest absolute Gasteiger partial charge is 0.349 e. The van der Waals surface area contributed by atoms with Crippen molar-refractivity contribution in [2.75, 3.05) is 24.2 Å². The van der Waals surface area contributed by atoms with Gasteiger partial charge in [0.1, 0.15) is 0 Å². The molecule has 0 unspecified atom stereocenters. The van der Waals surface area contributed by atoms with Crippen LogP contribution in [0, 0.1) is 0 Å². The van der Waals surface area contributed by atoms with Crippen LogP contribution in [0.3, 0.4) is 0 Å². The number of carbonyl (C=O) groups is 3. The summed E-state index contributed by atoms with van der Waals surface area (Å²) in [6, 6.07) is 14.5. The Balaban J connectivity index is 1.35. The standard InChI is InChI=1S/C25H29N3O3S/c29-23(28-15-5-6-16-28)17-32-22-10-4-3-9-21(22)25(31)27-20-13-11-18(12-14-20)24(30)26-19-7-1-2-8-19/h3-4,9-14,19H,1-2,5-8,15-17H2,(H,26,30)(H,27,31). The van der Waals surface area contributed by atoms with Crippen LogP contribution >= 0.6 is 11.8 Å². The van der Waals surface area contributed by atoms with E-state index in [-0.39, 0.29) is 23.8 Å². The number of nitrogens with one attached hydrogen (secondary N) is 2. The van der Waals surface area contributed by atoms with E-state index in [4.69, 9.17) is 0 Å². The fourth-order valence-electron chi connectivity index (χ4n) is 4.22. The van der Waals surface area contributed by atoms with Crippen LogP contribution in [0.1, 0.15) is 59.2 Å². The highest BCUT2D eigenvalue weighted by atomic mass is 32.2. The molecule has 1 aliphatic carbocycles. The Kier molecular flexibility index (Phi) is 7.47. The first-order chi connectivity index (χ1) is 15.6. The van der Waals surface area contributed by atoms with Gasteiger partial charge in [0.15, 0.2) is 0 Å². The van der Waals surface area contributed by atoms with E-state index < -0.39 is 0 Å². The van der Waals surface area contributed by atoms with Gasteiger partial charge in [-0.1, -0.05) is 25.0 Å². The van der Waals surface area contributed by atoms with Gasteiger partial charge in [0, 0.05) is 35.3 Å². The Morgan fingerprint density at radius 2 is 1.56 bits per heavy atom. The molecule has 0 aromatic heterocycles. The average Bonchev–Trinajstić information content (AvgIpc) is 3.53. The molecule has 2 aromatic rings. The molecule has 2 aromatic carbocycles. The molecule has 6 nitrogen and oxygen atoms in total. The van der Waals surface area contributed by atoms with E-state index in [1.807, 2.05) is 23.1 Å². The number of hydrogen-bond acceptors (Lipinski definition) is 4. The second-order valence-corrected chi connectivity index (χ2v) is 9.38. The number of rotatable bonds is 7. The molecule has 2 N–H and O–H groups in total. The molecule has 168 valence electrons. The van der Waals surface area contributed by atoms with Crippen molar-refractivity contribution in [2.24, 2.45) is 0 Å². The monoisotopic (exact) mass is 451 g/mol. The lowest BCUT2D eigenvalue weighted by molar-refractivity contribution is -0.127. The van der Waals surface area contributed by atoms with Crippen molar-refractivity contribution in [3.63, 3.8) is 0 Å². The summed E-state index contributed by atoms with van der Waals surface area (Å²) in [6.07, 6.45) is 6.55. The molecule has 32 heavy (non-hydrogen) atoms. The second-order valence-electron chi connectivity index (χ2n) is 8.36. The van der Waals surface area contributed by atoms with Gasteiger partial charge in [0.2, 0.25) is 5.91 Å². The van der Waals surface area contributed by atoms with Gasteiger partial charge >= 0.3 is 0 Å². The number of benzene rings is 2. The minimum Gasteiger partial charge on any atom is -0.349 e. The van der Waals surface area contributed by atoms with Crippen LogP contribution in [0.5, 0.6) is 0 Å². The van der Waals surface area contributed by atoms with Gasteiger partial charge in [-0.3, -0.25) is 14.4 Å². The van der Waals surface area contributed by atoms with E-state index in [9.17, 15) is 14.4 Å². The number of likely N-dealkylation sites (tertiary alicyclic amines) is 1. The molecular weight excluding hydrogens is 422 g/mol. The molecule has 1 saturated carbocycles. The normalized spacial score (nSPS) is 16.2. The summed E-state index contributed by atoms with van der Waals surface area (Å²) in [4.78, 5) is 40.3. The molecule has 2 fully saturated rings. The predicted molar refractivity (Wildman–Crippen MR) is 127 cm³/mol. The van der Waals surface area contributed by atoms with E-state index in [0.29, 0.717) is 22.6 Å². The fourth-order valence-corrected chi connectivity index (χ4v) is 5.17. The Hall–Kier alpha value is -2.80. The van der Waals surface area contributed by atoms with Crippen LogP contribution in [0.15, 0.2) is 53.4 Å². The zero-order valence-corrected chi connectivity index (χ0v) is 19.0. The van der Waals surface area contributed by atoms with Gasteiger partial charge in [-0.05, 0) is 62.1 Å². The van der Waals surface area contributed by atoms with E-state index in [2.05, 4.69) is 10.6 Å². The third kappa shape index (κ3) is 5.71. The van der Waals surface area contributed by atoms with Gasteiger partial charge in [-0.2, -0.15) is 0 Å². The molecule has 1 saturated heterocycles. The molecular formula is C25H29N3O3S. The zero-order chi connectivity index (χ0) is 22.3. The third-order valence-electron chi connectivity index (χ3n) is 6.04. The number of thioether (sulfide) groups is 1. The second kappa shape index (κ2) is 10.7. The lowest BCUT2D eigenvalue weighted by Crippen LogP contribution is -2.32. The van der Waals surface area contributed by atoms with Crippen LogP contribution in [-0.2, 0) is 4.79 Å². The summed E-state index contributed by atoms with van der Waals surface area (Å²) in [7, 11) is 0. The maximum Gasteiger partial charge on any atom is 0.256 e. The number of hydrogen-bond donors (Lipinski definition) is 2. The third-order valence-corrected chi connectivity index (χ3v) is 7.10. The average molecular weight is 452 g/mol. The maximum absolute atomic E-state index is 12.9. The summed E-state index contributed by atoms with van der Waals surface area (Å²) < 4.78 is 0. The van der Waals surface area contributed by atoms with Crippen LogP contribution in [-0.4, -0.2) is 47.5 Å². The highest BCUT2D eigenvalue weighted by Crippen LogP contribution is 2.25. The SMILES string of the molecule is O=C(NC1CCCC1)c1ccc(NC(=O)c2ccccc2SCC(=O)N2CCCC2)cc1. The summed E-state index contributed by atoms with van der Waals surface area (Å²) in [5, 5.41) is 5.97. The van der Waals surface area contributed by atoms with Gasteiger partial charge in [-0.25, -0.2) is 0 Å². The number of anilines is 1. The first-order valence-corrected chi connectivity index (χ1v) is 12.3. The van der Waals surface area contributed by atoms with Crippen LogP contribution < -0.4 is 10.6 Å². The van der Waals surface area contributed by atoms with Crippen molar-refractivity contribution in [3.05, 3.63) is 59.7 Å². The minimum absolute atomic E-state index is 0.0702. The van der Waals surface area contributed by atoms with Gasteiger partial charge < -0.3 is 15.5 Å². The molecule has 4 rings (SSSR count). The maximum atomic E-state index is 12.9. The van der Waals surface area contributed by atoms with E-state index >= 15 is 0 Å². The Bertz CT molecular complexity index is 965. The number of nitrogens with zero attached hydrogens (tertiary/aromatic N) is 1. The van der Waals surface area contributed by atoms with E-state index in [1.54, 1.807) is 30.3 Å². The first kappa shape index (κ1) is 22.4. The summed E-state index contributed by atoms with van der Waals surface area (Å²) in [5.41, 5.74) is 1.75. The summed E-state index contributed by atoms with van der Waals surface area (Å²) >= 11 is 1.40. The van der Waals surface area contributed by atoms with Crippen molar-refractivity contribution < 1.29 is 14.4 Å². The van der Waals surface area contributed by atoms with Crippen molar-refractivity contribution in [3.8, 4) is 0 Å². The van der Waals surface area contributed by atoms with Crippen molar-refractivity contribution in [2.45, 2.75) is 49.5 Å². The molecule has 2 aliphatic rings. The minimum atomic E-state index is -0.232. The van der Waals surface area contributed by atoms with Crippen molar-refractivity contribution >= 4 is 35.2 Å². The Morgan fingerprint density at radius 3 is 2.28 bits per heavy atom. The zero-order valence-electron chi connectivity index (χ0n) is 18.1. The van der Waals surface area contributed by atoms with E-state index in [1.165, 1.54) is 24.6 Å². The molecule has 3 amide bonds.